The average Bonchev–Trinajstić information content (AvgIpc) is 3.21. The van der Waals surface area contributed by atoms with E-state index in [1.165, 1.54) is 6.07 Å². The summed E-state index contributed by atoms with van der Waals surface area (Å²) in [5.74, 6) is 0.557. The highest BCUT2D eigenvalue weighted by molar-refractivity contribution is 5.98. The number of hydrogen-bond donors (Lipinski definition) is 0. The van der Waals surface area contributed by atoms with Crippen LogP contribution >= 0.6 is 0 Å². The normalized spacial score (nSPS) is 11.4. The van der Waals surface area contributed by atoms with Gasteiger partial charge in [-0.15, -0.1) is 0 Å². The smallest absolute Gasteiger partial charge is 0.125 e. The van der Waals surface area contributed by atoms with E-state index in [0.717, 1.165) is 51.7 Å². The molecule has 27 heavy (non-hydrogen) atoms. The monoisotopic (exact) mass is 363 g/mol. The zero-order valence-corrected chi connectivity index (χ0v) is 15.6. The molecule has 0 atom stereocenters. The van der Waals surface area contributed by atoms with Crippen molar-refractivity contribution in [1.82, 2.24) is 14.3 Å². The minimum atomic E-state index is -0.222. The van der Waals surface area contributed by atoms with Crippen molar-refractivity contribution in [2.24, 2.45) is 7.05 Å². The van der Waals surface area contributed by atoms with Crippen molar-refractivity contribution in [3.63, 3.8) is 0 Å². The molecule has 0 radical (unpaired) electrons. The number of hydrogen-bond acceptors (Lipinski definition) is 2. The first-order valence-electron chi connectivity index (χ1n) is 9.08. The third-order valence-electron chi connectivity index (χ3n) is 4.86. The summed E-state index contributed by atoms with van der Waals surface area (Å²) in [7, 11) is 1.94. The van der Waals surface area contributed by atoms with Gasteiger partial charge in [-0.05, 0) is 42.8 Å². The summed E-state index contributed by atoms with van der Waals surface area (Å²) in [6, 6.07) is 11.2. The molecule has 0 unspecified atom stereocenters. The Hall–Kier alpha value is -3.08. The van der Waals surface area contributed by atoms with Crippen LogP contribution in [0.3, 0.4) is 0 Å². The van der Waals surface area contributed by atoms with Gasteiger partial charge in [-0.2, -0.15) is 5.10 Å². The molecule has 0 saturated heterocycles. The summed E-state index contributed by atoms with van der Waals surface area (Å²) in [4.78, 5) is 0. The first-order valence-corrected chi connectivity index (χ1v) is 9.08. The lowest BCUT2D eigenvalue weighted by molar-refractivity contribution is 0.216. The summed E-state index contributed by atoms with van der Waals surface area (Å²) in [5, 5.41) is 6.62. The average molecular weight is 363 g/mol. The standard InChI is InChI=1S/C22H22FN3O/c1-4-27-15(2)9-10-26-21-8-5-16(11-17(21)13-24-26)20-14-25(3)22-12-18(23)6-7-19(20)22/h5-8,11-14H,2,4,9-10H2,1,3H3. The lowest BCUT2D eigenvalue weighted by Crippen LogP contribution is -2.02. The van der Waals surface area contributed by atoms with E-state index in [1.54, 1.807) is 6.07 Å². The van der Waals surface area contributed by atoms with Gasteiger partial charge in [-0.1, -0.05) is 12.6 Å². The number of halogens is 1. The van der Waals surface area contributed by atoms with Crippen LogP contribution in [-0.2, 0) is 18.3 Å². The molecule has 0 amide bonds. The molecule has 0 aliphatic carbocycles. The summed E-state index contributed by atoms with van der Waals surface area (Å²) in [6.45, 7) is 7.25. The van der Waals surface area contributed by atoms with Crippen molar-refractivity contribution < 1.29 is 9.13 Å². The molecule has 5 heteroatoms. The van der Waals surface area contributed by atoms with Crippen LogP contribution in [0, 0.1) is 5.82 Å². The third kappa shape index (κ3) is 3.21. The molecule has 2 heterocycles. The van der Waals surface area contributed by atoms with Crippen LogP contribution in [-0.4, -0.2) is 21.0 Å². The Morgan fingerprint density at radius 3 is 2.85 bits per heavy atom. The van der Waals surface area contributed by atoms with Gasteiger partial charge in [0.05, 0.1) is 29.6 Å². The molecule has 0 fully saturated rings. The predicted octanol–water partition coefficient (Wildman–Crippen LogP) is 5.27. The SMILES string of the molecule is C=C(CCn1ncc2cc(-c3cn(C)c4cc(F)ccc34)ccc21)OCC. The second-order valence-electron chi connectivity index (χ2n) is 6.68. The van der Waals surface area contributed by atoms with Gasteiger partial charge in [-0.25, -0.2) is 4.39 Å². The van der Waals surface area contributed by atoms with Gasteiger partial charge in [0.1, 0.15) is 5.82 Å². The molecule has 0 aliphatic heterocycles. The lowest BCUT2D eigenvalue weighted by Gasteiger charge is -2.08. The van der Waals surface area contributed by atoms with Gasteiger partial charge >= 0.3 is 0 Å². The number of nitrogens with zero attached hydrogens (tertiary/aromatic N) is 3. The van der Waals surface area contributed by atoms with E-state index in [0.29, 0.717) is 6.61 Å². The number of aromatic nitrogens is 3. The van der Waals surface area contributed by atoms with Crippen LogP contribution in [0.25, 0.3) is 32.9 Å². The van der Waals surface area contributed by atoms with Crippen molar-refractivity contribution in [2.45, 2.75) is 19.9 Å². The highest BCUT2D eigenvalue weighted by Gasteiger charge is 2.11. The molecule has 4 rings (SSSR count). The van der Waals surface area contributed by atoms with Gasteiger partial charge in [-0.3, -0.25) is 4.68 Å². The Kier molecular flexibility index (Phi) is 4.44. The van der Waals surface area contributed by atoms with Gasteiger partial charge < -0.3 is 9.30 Å². The molecular formula is C22H22FN3O. The number of allylic oxidation sites excluding steroid dienone is 1. The van der Waals surface area contributed by atoms with E-state index in [4.69, 9.17) is 4.74 Å². The van der Waals surface area contributed by atoms with Crippen molar-refractivity contribution in [3.8, 4) is 11.1 Å². The molecule has 4 nitrogen and oxygen atoms in total. The Labute approximate surface area is 157 Å². The minimum Gasteiger partial charge on any atom is -0.499 e. The largest absolute Gasteiger partial charge is 0.499 e. The fourth-order valence-electron chi connectivity index (χ4n) is 3.53. The highest BCUT2D eigenvalue weighted by Crippen LogP contribution is 2.32. The maximum absolute atomic E-state index is 13.6. The number of rotatable bonds is 6. The van der Waals surface area contributed by atoms with Crippen LogP contribution < -0.4 is 0 Å². The first-order chi connectivity index (χ1) is 13.1. The summed E-state index contributed by atoms with van der Waals surface area (Å²) in [6.07, 6.45) is 4.66. The van der Waals surface area contributed by atoms with Crippen LogP contribution in [0.15, 0.2) is 61.1 Å². The quantitative estimate of drug-likeness (QED) is 0.437. The van der Waals surface area contributed by atoms with Crippen LogP contribution in [0.4, 0.5) is 4.39 Å². The molecule has 138 valence electrons. The van der Waals surface area contributed by atoms with Gasteiger partial charge in [0.15, 0.2) is 0 Å². The molecular weight excluding hydrogens is 341 g/mol. The molecule has 0 aliphatic rings. The second-order valence-corrected chi connectivity index (χ2v) is 6.68. The van der Waals surface area contributed by atoms with E-state index < -0.39 is 0 Å². The molecule has 0 bridgehead atoms. The Morgan fingerprint density at radius 1 is 1.19 bits per heavy atom. The zero-order chi connectivity index (χ0) is 19.0. The fraction of sp³-hybridized carbons (Fsp3) is 0.227. The van der Waals surface area contributed by atoms with Crippen LogP contribution in [0.2, 0.25) is 0 Å². The van der Waals surface area contributed by atoms with Gasteiger partial charge in [0.25, 0.3) is 0 Å². The number of benzene rings is 2. The zero-order valence-electron chi connectivity index (χ0n) is 15.6. The van der Waals surface area contributed by atoms with E-state index >= 15 is 0 Å². The molecule has 0 saturated carbocycles. The van der Waals surface area contributed by atoms with E-state index in [1.807, 2.05) is 41.7 Å². The predicted molar refractivity (Wildman–Crippen MR) is 107 cm³/mol. The topological polar surface area (TPSA) is 32.0 Å². The van der Waals surface area contributed by atoms with Gasteiger partial charge in [0.2, 0.25) is 0 Å². The highest BCUT2D eigenvalue weighted by atomic mass is 19.1. The maximum Gasteiger partial charge on any atom is 0.125 e. The van der Waals surface area contributed by atoms with Gasteiger partial charge in [0, 0.05) is 42.5 Å². The minimum absolute atomic E-state index is 0.222. The third-order valence-corrected chi connectivity index (χ3v) is 4.86. The van der Waals surface area contributed by atoms with Crippen molar-refractivity contribution in [2.75, 3.05) is 6.61 Å². The summed E-state index contributed by atoms with van der Waals surface area (Å²) < 4.78 is 22.9. The maximum atomic E-state index is 13.6. The molecule has 2 aromatic carbocycles. The van der Waals surface area contributed by atoms with Crippen molar-refractivity contribution in [3.05, 3.63) is 66.9 Å². The number of fused-ring (bicyclic) bond motifs is 2. The van der Waals surface area contributed by atoms with Crippen LogP contribution in [0.5, 0.6) is 0 Å². The van der Waals surface area contributed by atoms with Crippen molar-refractivity contribution >= 4 is 21.8 Å². The first kappa shape index (κ1) is 17.3. The molecule has 0 N–H and O–H groups in total. The Morgan fingerprint density at radius 2 is 2.04 bits per heavy atom. The molecule has 2 aromatic heterocycles. The van der Waals surface area contributed by atoms with Crippen molar-refractivity contribution in [1.29, 1.82) is 0 Å². The summed E-state index contributed by atoms with van der Waals surface area (Å²) in [5.41, 5.74) is 4.15. The lowest BCUT2D eigenvalue weighted by atomic mass is 10.0. The summed E-state index contributed by atoms with van der Waals surface area (Å²) >= 11 is 0. The van der Waals surface area contributed by atoms with E-state index in [9.17, 15) is 4.39 Å². The fourth-order valence-corrected chi connectivity index (χ4v) is 3.53. The molecule has 0 spiro atoms. The Balaban J connectivity index is 1.68. The Bertz CT molecular complexity index is 1140. The second kappa shape index (κ2) is 6.91. The van der Waals surface area contributed by atoms with Crippen LogP contribution in [0.1, 0.15) is 13.3 Å². The van der Waals surface area contributed by atoms with E-state index in [-0.39, 0.29) is 5.82 Å². The van der Waals surface area contributed by atoms with E-state index in [2.05, 4.69) is 29.9 Å². The molecule has 4 aromatic rings. The number of ether oxygens (including phenoxy) is 1. The number of aryl methyl sites for hydroxylation is 2.